The fraction of sp³-hybridized carbons (Fsp3) is 0.619. The van der Waals surface area contributed by atoms with Crippen molar-refractivity contribution in [1.82, 2.24) is 19.2 Å². The van der Waals surface area contributed by atoms with Crippen LogP contribution >= 0.6 is 0 Å². The van der Waals surface area contributed by atoms with Crippen molar-refractivity contribution >= 4 is 0 Å². The summed E-state index contributed by atoms with van der Waals surface area (Å²) in [5.74, 6) is 0.662. The third kappa shape index (κ3) is 3.91. The lowest BCUT2D eigenvalue weighted by atomic mass is 9.99. The maximum absolute atomic E-state index is 13.8. The zero-order chi connectivity index (χ0) is 19.7. The molecule has 2 bridgehead atoms. The molecule has 28 heavy (non-hydrogen) atoms. The van der Waals surface area contributed by atoms with Crippen molar-refractivity contribution in [2.75, 3.05) is 6.54 Å². The number of aryl methyl sites for hydroxylation is 1. The van der Waals surface area contributed by atoms with Gasteiger partial charge in [-0.3, -0.25) is 9.58 Å². The Morgan fingerprint density at radius 3 is 2.50 bits per heavy atom. The van der Waals surface area contributed by atoms with Gasteiger partial charge in [0.15, 0.2) is 0 Å². The van der Waals surface area contributed by atoms with Gasteiger partial charge in [-0.2, -0.15) is 4.98 Å². The van der Waals surface area contributed by atoms with E-state index in [0.717, 1.165) is 38.1 Å². The smallest absolute Gasteiger partial charge is 0.363 e. The predicted octanol–water partition coefficient (Wildman–Crippen LogP) is 2.40. The molecule has 2 saturated heterocycles. The number of ether oxygens (including phenoxy) is 1. The number of rotatable bonds is 7. The van der Waals surface area contributed by atoms with Gasteiger partial charge in [0.1, 0.15) is 11.6 Å². The highest BCUT2D eigenvalue weighted by Crippen LogP contribution is 2.37. The molecule has 0 spiro atoms. The molecule has 2 unspecified atom stereocenters. The Morgan fingerprint density at radius 1 is 1.14 bits per heavy atom. The zero-order valence-electron chi connectivity index (χ0n) is 16.7. The molecule has 0 amide bonds. The number of halogens is 1. The van der Waals surface area contributed by atoms with Crippen LogP contribution in [0.1, 0.15) is 43.5 Å². The molecule has 4 rings (SSSR count). The van der Waals surface area contributed by atoms with Gasteiger partial charge in [0.05, 0.1) is 12.7 Å². The normalized spacial score (nSPS) is 24.8. The second-order valence-corrected chi connectivity index (χ2v) is 8.08. The first-order valence-corrected chi connectivity index (χ1v) is 10.2. The minimum absolute atomic E-state index is 0.188. The Morgan fingerprint density at radius 2 is 1.86 bits per heavy atom. The largest absolute Gasteiger partial charge is 0.373 e. The van der Waals surface area contributed by atoms with Crippen molar-refractivity contribution in [3.63, 3.8) is 0 Å². The van der Waals surface area contributed by atoms with Gasteiger partial charge < -0.3 is 4.74 Å². The van der Waals surface area contributed by atoms with E-state index in [9.17, 15) is 9.18 Å². The van der Waals surface area contributed by atoms with Crippen LogP contribution in [0.3, 0.4) is 0 Å². The first-order chi connectivity index (χ1) is 13.5. The monoisotopic (exact) mass is 388 g/mol. The Kier molecular flexibility index (Phi) is 5.64. The first-order valence-electron chi connectivity index (χ1n) is 10.2. The van der Waals surface area contributed by atoms with Crippen molar-refractivity contribution in [1.29, 1.82) is 0 Å². The van der Waals surface area contributed by atoms with Crippen LogP contribution in [0.25, 0.3) is 0 Å². The third-order valence-electron chi connectivity index (χ3n) is 6.42. The van der Waals surface area contributed by atoms with Gasteiger partial charge in [0, 0.05) is 38.2 Å². The van der Waals surface area contributed by atoms with Crippen molar-refractivity contribution in [2.24, 2.45) is 14.1 Å². The predicted molar refractivity (Wildman–Crippen MR) is 104 cm³/mol. The van der Waals surface area contributed by atoms with E-state index in [2.05, 4.69) is 9.88 Å². The second kappa shape index (κ2) is 8.17. The fourth-order valence-electron chi connectivity index (χ4n) is 4.74. The van der Waals surface area contributed by atoms with E-state index in [0.29, 0.717) is 24.3 Å². The van der Waals surface area contributed by atoms with E-state index in [-0.39, 0.29) is 17.6 Å². The van der Waals surface area contributed by atoms with Crippen LogP contribution in [0.4, 0.5) is 4.39 Å². The van der Waals surface area contributed by atoms with Crippen LogP contribution in [-0.2, 0) is 31.9 Å². The molecule has 2 aromatic rings. The van der Waals surface area contributed by atoms with Gasteiger partial charge in [-0.15, -0.1) is 0 Å². The summed E-state index contributed by atoms with van der Waals surface area (Å²) in [6.07, 6.45) is 6.50. The maximum atomic E-state index is 13.8. The molecule has 1 aromatic heterocycles. The molecule has 1 aromatic carbocycles. The summed E-state index contributed by atoms with van der Waals surface area (Å²) < 4.78 is 23.2. The third-order valence-corrected chi connectivity index (χ3v) is 6.42. The molecule has 7 heteroatoms. The summed E-state index contributed by atoms with van der Waals surface area (Å²) in [6.45, 7) is 1.38. The summed E-state index contributed by atoms with van der Waals surface area (Å²) in [6, 6.07) is 7.95. The topological polar surface area (TPSA) is 52.3 Å². The van der Waals surface area contributed by atoms with Crippen molar-refractivity contribution in [3.05, 3.63) is 52.0 Å². The highest BCUT2D eigenvalue weighted by Gasteiger charge is 2.40. The number of aromatic nitrogens is 3. The van der Waals surface area contributed by atoms with Crippen LogP contribution in [0.15, 0.2) is 29.1 Å². The molecule has 6 nitrogen and oxygen atoms in total. The van der Waals surface area contributed by atoms with Gasteiger partial charge >= 0.3 is 5.69 Å². The standard InChI is InChI=1S/C21H29FN4O2/c1-24-20(23-21(27)25(24)2)8-5-11-26-16-9-10-17(26)13-18(12-16)28-14-15-6-3-4-7-19(15)22/h3-4,6-7,16-18H,5,8-14H2,1-2H3. The van der Waals surface area contributed by atoms with E-state index in [4.69, 9.17) is 4.74 Å². The average molecular weight is 388 g/mol. The van der Waals surface area contributed by atoms with E-state index < -0.39 is 0 Å². The Hall–Kier alpha value is -1.99. The van der Waals surface area contributed by atoms with Crippen molar-refractivity contribution < 1.29 is 9.13 Å². The molecule has 152 valence electrons. The highest BCUT2D eigenvalue weighted by atomic mass is 19.1. The van der Waals surface area contributed by atoms with Gasteiger partial charge in [-0.25, -0.2) is 13.9 Å². The van der Waals surface area contributed by atoms with E-state index in [1.807, 2.05) is 17.8 Å². The molecule has 2 fully saturated rings. The van der Waals surface area contributed by atoms with Crippen LogP contribution in [0.2, 0.25) is 0 Å². The second-order valence-electron chi connectivity index (χ2n) is 8.08. The number of hydrogen-bond acceptors (Lipinski definition) is 4. The number of piperidine rings is 1. The number of fused-ring (bicyclic) bond motifs is 2. The lowest BCUT2D eigenvalue weighted by molar-refractivity contribution is -0.0291. The molecular formula is C21H29FN4O2. The van der Waals surface area contributed by atoms with Gasteiger partial charge in [0.2, 0.25) is 0 Å². The van der Waals surface area contributed by atoms with E-state index in [1.54, 1.807) is 19.2 Å². The first kappa shape index (κ1) is 19.3. The summed E-state index contributed by atoms with van der Waals surface area (Å²) in [7, 11) is 3.62. The summed E-state index contributed by atoms with van der Waals surface area (Å²) in [5, 5.41) is 0. The Balaban J connectivity index is 1.27. The van der Waals surface area contributed by atoms with Gasteiger partial charge in [0.25, 0.3) is 0 Å². The van der Waals surface area contributed by atoms with Crippen LogP contribution in [-0.4, -0.2) is 44.0 Å². The molecule has 2 aliphatic rings. The van der Waals surface area contributed by atoms with Crippen LogP contribution in [0, 0.1) is 5.82 Å². The maximum Gasteiger partial charge on any atom is 0.363 e. The molecule has 0 aliphatic carbocycles. The van der Waals surface area contributed by atoms with Gasteiger partial charge in [-0.1, -0.05) is 18.2 Å². The van der Waals surface area contributed by atoms with E-state index >= 15 is 0 Å². The minimum Gasteiger partial charge on any atom is -0.373 e. The summed E-state index contributed by atoms with van der Waals surface area (Å²) in [4.78, 5) is 18.4. The molecule has 0 radical (unpaired) electrons. The quantitative estimate of drug-likeness (QED) is 0.731. The Labute approximate surface area is 164 Å². The van der Waals surface area contributed by atoms with E-state index in [1.165, 1.54) is 23.6 Å². The Bertz CT molecular complexity index is 864. The van der Waals surface area contributed by atoms with Crippen molar-refractivity contribution in [3.8, 4) is 0 Å². The zero-order valence-corrected chi connectivity index (χ0v) is 16.7. The van der Waals surface area contributed by atoms with Crippen LogP contribution < -0.4 is 5.69 Å². The lowest BCUT2D eigenvalue weighted by Gasteiger charge is -2.38. The van der Waals surface area contributed by atoms with Crippen molar-refractivity contribution in [2.45, 2.75) is 63.3 Å². The minimum atomic E-state index is -0.189. The number of benzene rings is 1. The average Bonchev–Trinajstić information content (AvgIpc) is 3.06. The summed E-state index contributed by atoms with van der Waals surface area (Å²) >= 11 is 0. The molecule has 2 atom stereocenters. The SMILES string of the molecule is Cn1c(CCCN2C3CCC2CC(OCc2ccccc2F)C3)nc(=O)n1C. The fourth-order valence-corrected chi connectivity index (χ4v) is 4.74. The molecule has 2 aliphatic heterocycles. The molecular weight excluding hydrogens is 359 g/mol. The number of nitrogens with zero attached hydrogens (tertiary/aromatic N) is 4. The molecule has 0 N–H and O–H groups in total. The highest BCUT2D eigenvalue weighted by molar-refractivity contribution is 5.16. The summed E-state index contributed by atoms with van der Waals surface area (Å²) in [5.41, 5.74) is 0.448. The van der Waals surface area contributed by atoms with Crippen LogP contribution in [0.5, 0.6) is 0 Å². The number of hydrogen-bond donors (Lipinski definition) is 0. The molecule has 0 saturated carbocycles. The lowest BCUT2D eigenvalue weighted by Crippen LogP contribution is -2.45. The van der Waals surface area contributed by atoms with Gasteiger partial charge in [-0.05, 0) is 44.7 Å². The molecule has 3 heterocycles.